The van der Waals surface area contributed by atoms with Crippen molar-refractivity contribution in [1.82, 2.24) is 5.48 Å². The molecule has 8 heteroatoms. The molecule has 2 amide bonds. The van der Waals surface area contributed by atoms with Gasteiger partial charge in [-0.1, -0.05) is 0 Å². The summed E-state index contributed by atoms with van der Waals surface area (Å²) in [6.45, 7) is 0.263. The molecule has 0 radical (unpaired) electrons. The molecule has 23 heavy (non-hydrogen) atoms. The summed E-state index contributed by atoms with van der Waals surface area (Å²) in [7, 11) is 3.06. The van der Waals surface area contributed by atoms with Gasteiger partial charge in [-0.25, -0.2) is 5.48 Å². The molecular weight excluding hydrogens is 304 g/mol. The second-order valence-electron chi connectivity index (χ2n) is 4.69. The fourth-order valence-corrected chi connectivity index (χ4v) is 1.79. The van der Waals surface area contributed by atoms with E-state index in [9.17, 15) is 9.59 Å². The number of unbranched alkanes of at least 4 members (excludes halogenated alkanes) is 1. The number of methoxy groups -OCH3 is 2. The third kappa shape index (κ3) is 7.48. The van der Waals surface area contributed by atoms with E-state index in [0.717, 1.165) is 0 Å². The molecule has 3 N–H and O–H groups in total. The highest BCUT2D eigenvalue weighted by Gasteiger charge is 2.06. The molecule has 0 aliphatic heterocycles. The van der Waals surface area contributed by atoms with E-state index >= 15 is 0 Å². The molecule has 0 atom stereocenters. The monoisotopic (exact) mass is 326 g/mol. The van der Waals surface area contributed by atoms with Crippen LogP contribution in [0.1, 0.15) is 19.3 Å². The zero-order chi connectivity index (χ0) is 17.1. The SMILES string of the molecule is COc1cc(NC(=O)COCCCCC(=O)NO)cc(OC)c1. The quantitative estimate of drug-likeness (QED) is 0.340. The molecule has 8 nitrogen and oxygen atoms in total. The number of ether oxygens (including phenoxy) is 3. The van der Waals surface area contributed by atoms with Crippen LogP contribution in [0.5, 0.6) is 11.5 Å². The van der Waals surface area contributed by atoms with Gasteiger partial charge in [-0.05, 0) is 12.8 Å². The van der Waals surface area contributed by atoms with Crippen molar-refractivity contribution >= 4 is 17.5 Å². The van der Waals surface area contributed by atoms with Crippen molar-refractivity contribution < 1.29 is 29.0 Å². The van der Waals surface area contributed by atoms with E-state index in [-0.39, 0.29) is 18.9 Å². The van der Waals surface area contributed by atoms with Crippen molar-refractivity contribution in [2.75, 3.05) is 32.8 Å². The molecule has 0 unspecified atom stereocenters. The summed E-state index contributed by atoms with van der Waals surface area (Å²) in [5.41, 5.74) is 2.11. The van der Waals surface area contributed by atoms with E-state index < -0.39 is 5.91 Å². The van der Waals surface area contributed by atoms with Gasteiger partial charge < -0.3 is 19.5 Å². The summed E-state index contributed by atoms with van der Waals surface area (Å²) in [6, 6.07) is 5.05. The molecule has 0 aliphatic rings. The van der Waals surface area contributed by atoms with Gasteiger partial charge in [-0.15, -0.1) is 0 Å². The number of anilines is 1. The molecule has 0 heterocycles. The van der Waals surface area contributed by atoms with Gasteiger partial charge in [0.05, 0.1) is 14.2 Å². The molecule has 1 aromatic rings. The highest BCUT2D eigenvalue weighted by atomic mass is 16.5. The Morgan fingerprint density at radius 2 is 1.70 bits per heavy atom. The Labute approximate surface area is 134 Å². The molecule has 128 valence electrons. The van der Waals surface area contributed by atoms with Crippen molar-refractivity contribution in [3.63, 3.8) is 0 Å². The smallest absolute Gasteiger partial charge is 0.250 e. The number of benzene rings is 1. The number of amides is 2. The van der Waals surface area contributed by atoms with Gasteiger partial charge in [-0.2, -0.15) is 0 Å². The minimum atomic E-state index is -0.435. The minimum Gasteiger partial charge on any atom is -0.497 e. The van der Waals surface area contributed by atoms with Crippen LogP contribution in [0.15, 0.2) is 18.2 Å². The van der Waals surface area contributed by atoms with Gasteiger partial charge in [0.25, 0.3) is 0 Å². The average molecular weight is 326 g/mol. The fourth-order valence-electron chi connectivity index (χ4n) is 1.79. The van der Waals surface area contributed by atoms with E-state index in [1.54, 1.807) is 23.7 Å². The molecule has 1 rings (SSSR count). The molecule has 0 aliphatic carbocycles. The molecule has 0 bridgehead atoms. The summed E-state index contributed by atoms with van der Waals surface area (Å²) in [6.07, 6.45) is 1.41. The Hall–Kier alpha value is -2.32. The summed E-state index contributed by atoms with van der Waals surface area (Å²) in [5.74, 6) is 0.411. The largest absolute Gasteiger partial charge is 0.497 e. The van der Waals surface area contributed by atoms with Crippen molar-refractivity contribution in [2.45, 2.75) is 19.3 Å². The number of carbonyl (C=O) groups excluding carboxylic acids is 2. The predicted molar refractivity (Wildman–Crippen MR) is 82.8 cm³/mol. The van der Waals surface area contributed by atoms with Gasteiger partial charge in [-0.3, -0.25) is 14.8 Å². The summed E-state index contributed by atoms with van der Waals surface area (Å²) in [5, 5.41) is 11.0. The zero-order valence-electron chi connectivity index (χ0n) is 13.3. The van der Waals surface area contributed by atoms with Crippen LogP contribution < -0.4 is 20.3 Å². The van der Waals surface area contributed by atoms with Crippen molar-refractivity contribution in [2.24, 2.45) is 0 Å². The molecule has 1 aromatic carbocycles. The van der Waals surface area contributed by atoms with E-state index in [4.69, 9.17) is 19.4 Å². The van der Waals surface area contributed by atoms with Crippen LogP contribution in [0.25, 0.3) is 0 Å². The molecule has 0 aromatic heterocycles. The first kappa shape index (κ1) is 18.7. The van der Waals surface area contributed by atoms with Crippen LogP contribution in [-0.4, -0.2) is 44.5 Å². The van der Waals surface area contributed by atoms with E-state index in [0.29, 0.717) is 36.6 Å². The molecular formula is C15H22N2O6. The maximum atomic E-state index is 11.8. The lowest BCUT2D eigenvalue weighted by Gasteiger charge is -2.10. The van der Waals surface area contributed by atoms with Gasteiger partial charge in [0.15, 0.2) is 0 Å². The first-order chi connectivity index (χ1) is 11.1. The first-order valence-corrected chi connectivity index (χ1v) is 7.12. The second kappa shape index (κ2) is 10.4. The van der Waals surface area contributed by atoms with Crippen LogP contribution in [0.2, 0.25) is 0 Å². The van der Waals surface area contributed by atoms with Crippen molar-refractivity contribution in [3.8, 4) is 11.5 Å². The number of hydroxylamine groups is 1. The van der Waals surface area contributed by atoms with Crippen LogP contribution in [0.4, 0.5) is 5.69 Å². The van der Waals surface area contributed by atoms with Gasteiger partial charge in [0, 0.05) is 36.9 Å². The maximum absolute atomic E-state index is 11.8. The Kier molecular flexibility index (Phi) is 8.48. The third-order valence-corrected chi connectivity index (χ3v) is 2.94. The predicted octanol–water partition coefficient (Wildman–Crippen LogP) is 1.33. The Bertz CT molecular complexity index is 498. The summed E-state index contributed by atoms with van der Waals surface area (Å²) < 4.78 is 15.5. The lowest BCUT2D eigenvalue weighted by Crippen LogP contribution is -2.19. The third-order valence-electron chi connectivity index (χ3n) is 2.94. The highest BCUT2D eigenvalue weighted by Crippen LogP contribution is 2.25. The van der Waals surface area contributed by atoms with Gasteiger partial charge in [0.2, 0.25) is 11.8 Å². The Morgan fingerprint density at radius 3 is 2.26 bits per heavy atom. The standard InChI is InChI=1S/C15H22N2O6/c1-21-12-7-11(8-13(9-12)22-2)16-15(19)10-23-6-4-3-5-14(18)17-20/h7-9,20H,3-6,10H2,1-2H3,(H,16,19)(H,17,18). The zero-order valence-corrected chi connectivity index (χ0v) is 13.3. The molecule has 0 saturated carbocycles. The fraction of sp³-hybridized carbons (Fsp3) is 0.467. The lowest BCUT2D eigenvalue weighted by atomic mass is 10.2. The topological polar surface area (TPSA) is 106 Å². The van der Waals surface area contributed by atoms with Crippen molar-refractivity contribution in [1.29, 1.82) is 0 Å². The molecule has 0 fully saturated rings. The molecule has 0 spiro atoms. The summed E-state index contributed by atoms with van der Waals surface area (Å²) in [4.78, 5) is 22.6. The Morgan fingerprint density at radius 1 is 1.04 bits per heavy atom. The maximum Gasteiger partial charge on any atom is 0.250 e. The number of hydrogen-bond donors (Lipinski definition) is 3. The van der Waals surface area contributed by atoms with Crippen LogP contribution in [0, 0.1) is 0 Å². The van der Waals surface area contributed by atoms with Gasteiger partial charge >= 0.3 is 0 Å². The number of carbonyl (C=O) groups is 2. The van der Waals surface area contributed by atoms with Crippen molar-refractivity contribution in [3.05, 3.63) is 18.2 Å². The summed E-state index contributed by atoms with van der Waals surface area (Å²) >= 11 is 0. The lowest BCUT2D eigenvalue weighted by molar-refractivity contribution is -0.129. The molecule has 0 saturated heterocycles. The highest BCUT2D eigenvalue weighted by molar-refractivity contribution is 5.92. The van der Waals surface area contributed by atoms with E-state index in [1.807, 2.05) is 0 Å². The van der Waals surface area contributed by atoms with Gasteiger partial charge in [0.1, 0.15) is 18.1 Å². The number of rotatable bonds is 10. The average Bonchev–Trinajstić information content (AvgIpc) is 2.57. The first-order valence-electron chi connectivity index (χ1n) is 7.12. The minimum absolute atomic E-state index is 0.0915. The Balaban J connectivity index is 2.30. The number of nitrogens with one attached hydrogen (secondary N) is 2. The van der Waals surface area contributed by atoms with Crippen LogP contribution in [0.3, 0.4) is 0 Å². The normalized spacial score (nSPS) is 10.0. The van der Waals surface area contributed by atoms with E-state index in [2.05, 4.69) is 5.32 Å². The van der Waals surface area contributed by atoms with Crippen LogP contribution >= 0.6 is 0 Å². The second-order valence-corrected chi connectivity index (χ2v) is 4.69. The van der Waals surface area contributed by atoms with Crippen LogP contribution in [-0.2, 0) is 14.3 Å². The van der Waals surface area contributed by atoms with E-state index in [1.165, 1.54) is 14.2 Å². The number of hydrogen-bond acceptors (Lipinski definition) is 6.